The lowest BCUT2D eigenvalue weighted by atomic mass is 9.85. The van der Waals surface area contributed by atoms with Crippen LogP contribution in [0, 0.1) is 12.8 Å². The summed E-state index contributed by atoms with van der Waals surface area (Å²) in [5.74, 6) is 1.58. The van der Waals surface area contributed by atoms with Crippen LogP contribution in [0.25, 0.3) is 11.1 Å². The molecule has 1 saturated carbocycles. The van der Waals surface area contributed by atoms with Crippen molar-refractivity contribution in [2.75, 3.05) is 13.7 Å². The van der Waals surface area contributed by atoms with Gasteiger partial charge < -0.3 is 10.1 Å². The van der Waals surface area contributed by atoms with E-state index < -0.39 is 0 Å². The van der Waals surface area contributed by atoms with Gasteiger partial charge in [-0.15, -0.1) is 11.3 Å². The SMILES string of the molecule is COc1ccc(-c2cc(C(=O)NCC3CCC3)sc2C)cc1. The monoisotopic (exact) mass is 315 g/mol. The van der Waals surface area contributed by atoms with Crippen LogP contribution in [0.5, 0.6) is 5.75 Å². The number of thiophene rings is 1. The van der Waals surface area contributed by atoms with Gasteiger partial charge in [-0.05, 0) is 55.0 Å². The fraction of sp³-hybridized carbons (Fsp3) is 0.389. The molecule has 0 spiro atoms. The summed E-state index contributed by atoms with van der Waals surface area (Å²) in [7, 11) is 1.66. The first-order valence-electron chi connectivity index (χ1n) is 7.70. The van der Waals surface area contributed by atoms with Crippen molar-refractivity contribution in [1.82, 2.24) is 5.32 Å². The lowest BCUT2D eigenvalue weighted by Gasteiger charge is -2.25. The van der Waals surface area contributed by atoms with Crippen LogP contribution < -0.4 is 10.1 Å². The number of amides is 1. The molecule has 1 amide bonds. The molecule has 1 heterocycles. The number of rotatable bonds is 5. The van der Waals surface area contributed by atoms with Gasteiger partial charge in [-0.25, -0.2) is 0 Å². The summed E-state index contributed by atoms with van der Waals surface area (Å²) >= 11 is 1.56. The molecule has 0 unspecified atom stereocenters. The first-order chi connectivity index (χ1) is 10.7. The van der Waals surface area contributed by atoms with Gasteiger partial charge in [-0.1, -0.05) is 18.6 Å². The first kappa shape index (κ1) is 15.1. The Labute approximate surface area is 135 Å². The van der Waals surface area contributed by atoms with Crippen LogP contribution in [0.1, 0.15) is 33.8 Å². The molecule has 1 aromatic heterocycles. The molecule has 4 heteroatoms. The zero-order valence-electron chi connectivity index (χ0n) is 13.0. The highest BCUT2D eigenvalue weighted by Gasteiger charge is 2.19. The molecule has 0 bridgehead atoms. The standard InChI is InChI=1S/C18H21NO2S/c1-12-16(14-6-8-15(21-2)9-7-14)10-17(22-12)18(20)19-11-13-4-3-5-13/h6-10,13H,3-5,11H2,1-2H3,(H,19,20). The van der Waals surface area contributed by atoms with E-state index in [-0.39, 0.29) is 5.91 Å². The number of carbonyl (C=O) groups is 1. The Balaban J connectivity index is 1.72. The van der Waals surface area contributed by atoms with Gasteiger partial charge in [0, 0.05) is 11.4 Å². The molecule has 116 valence electrons. The number of ether oxygens (including phenoxy) is 1. The van der Waals surface area contributed by atoms with E-state index in [9.17, 15) is 4.79 Å². The van der Waals surface area contributed by atoms with Gasteiger partial charge in [0.1, 0.15) is 5.75 Å². The molecule has 1 N–H and O–H groups in total. The zero-order chi connectivity index (χ0) is 15.5. The minimum atomic E-state index is 0.0553. The average Bonchev–Trinajstić information content (AvgIpc) is 2.88. The molecule has 1 aliphatic carbocycles. The zero-order valence-corrected chi connectivity index (χ0v) is 13.8. The van der Waals surface area contributed by atoms with Gasteiger partial charge in [-0.2, -0.15) is 0 Å². The number of aryl methyl sites for hydroxylation is 1. The second kappa shape index (κ2) is 6.53. The molecular weight excluding hydrogens is 294 g/mol. The van der Waals surface area contributed by atoms with Crippen LogP contribution in [-0.4, -0.2) is 19.6 Å². The molecule has 1 aromatic carbocycles. The van der Waals surface area contributed by atoms with Crippen molar-refractivity contribution in [2.24, 2.45) is 5.92 Å². The van der Waals surface area contributed by atoms with Crippen molar-refractivity contribution < 1.29 is 9.53 Å². The van der Waals surface area contributed by atoms with Gasteiger partial charge in [0.25, 0.3) is 5.91 Å². The third-order valence-electron chi connectivity index (χ3n) is 4.32. The maximum atomic E-state index is 12.3. The Bertz CT molecular complexity index is 656. The number of benzene rings is 1. The van der Waals surface area contributed by atoms with E-state index >= 15 is 0 Å². The molecule has 0 aliphatic heterocycles. The van der Waals surface area contributed by atoms with Crippen LogP contribution in [0.4, 0.5) is 0 Å². The number of nitrogens with one attached hydrogen (secondary N) is 1. The van der Waals surface area contributed by atoms with E-state index in [2.05, 4.69) is 12.2 Å². The maximum absolute atomic E-state index is 12.3. The Kier molecular flexibility index (Phi) is 4.48. The third kappa shape index (κ3) is 3.17. The number of hydrogen-bond donors (Lipinski definition) is 1. The van der Waals surface area contributed by atoms with Crippen LogP contribution in [0.2, 0.25) is 0 Å². The van der Waals surface area contributed by atoms with Gasteiger partial charge in [0.15, 0.2) is 0 Å². The van der Waals surface area contributed by atoms with Crippen LogP contribution >= 0.6 is 11.3 Å². The molecule has 1 aliphatic rings. The summed E-state index contributed by atoms with van der Waals surface area (Å²) in [4.78, 5) is 14.2. The summed E-state index contributed by atoms with van der Waals surface area (Å²) in [5.41, 5.74) is 2.24. The predicted molar refractivity (Wildman–Crippen MR) is 90.7 cm³/mol. The minimum Gasteiger partial charge on any atom is -0.497 e. The fourth-order valence-electron chi connectivity index (χ4n) is 2.67. The average molecular weight is 315 g/mol. The molecule has 0 saturated heterocycles. The van der Waals surface area contributed by atoms with E-state index in [1.54, 1.807) is 18.4 Å². The minimum absolute atomic E-state index is 0.0553. The largest absolute Gasteiger partial charge is 0.497 e. The smallest absolute Gasteiger partial charge is 0.261 e. The van der Waals surface area contributed by atoms with Crippen molar-refractivity contribution in [3.8, 4) is 16.9 Å². The maximum Gasteiger partial charge on any atom is 0.261 e. The Hall–Kier alpha value is -1.81. The van der Waals surface area contributed by atoms with Gasteiger partial charge in [-0.3, -0.25) is 4.79 Å². The molecule has 0 radical (unpaired) electrons. The highest BCUT2D eigenvalue weighted by atomic mass is 32.1. The Morgan fingerprint density at radius 1 is 1.32 bits per heavy atom. The molecular formula is C18H21NO2S. The van der Waals surface area contributed by atoms with Crippen molar-refractivity contribution in [2.45, 2.75) is 26.2 Å². The summed E-state index contributed by atoms with van der Waals surface area (Å²) in [6, 6.07) is 9.96. The van der Waals surface area contributed by atoms with Crippen molar-refractivity contribution >= 4 is 17.2 Å². The van der Waals surface area contributed by atoms with Crippen LogP contribution in [0.3, 0.4) is 0 Å². The van der Waals surface area contributed by atoms with Gasteiger partial charge in [0.05, 0.1) is 12.0 Å². The quantitative estimate of drug-likeness (QED) is 0.895. The molecule has 2 aromatic rings. The molecule has 3 nitrogen and oxygen atoms in total. The number of methoxy groups -OCH3 is 1. The van der Waals surface area contributed by atoms with E-state index in [4.69, 9.17) is 4.74 Å². The summed E-state index contributed by atoms with van der Waals surface area (Å²) < 4.78 is 5.19. The first-order valence-corrected chi connectivity index (χ1v) is 8.52. The third-order valence-corrected chi connectivity index (χ3v) is 5.37. The van der Waals surface area contributed by atoms with Gasteiger partial charge in [0.2, 0.25) is 0 Å². The Morgan fingerprint density at radius 3 is 2.64 bits per heavy atom. The molecule has 0 atom stereocenters. The highest BCUT2D eigenvalue weighted by molar-refractivity contribution is 7.14. The summed E-state index contributed by atoms with van der Waals surface area (Å²) in [6.07, 6.45) is 3.81. The fourth-order valence-corrected chi connectivity index (χ4v) is 3.63. The van der Waals surface area contributed by atoms with Crippen LogP contribution in [-0.2, 0) is 0 Å². The molecule has 22 heavy (non-hydrogen) atoms. The summed E-state index contributed by atoms with van der Waals surface area (Å²) in [5, 5.41) is 3.06. The predicted octanol–water partition coefficient (Wildman–Crippen LogP) is 4.26. The number of hydrogen-bond acceptors (Lipinski definition) is 3. The van der Waals surface area contributed by atoms with Crippen molar-refractivity contribution in [3.05, 3.63) is 40.1 Å². The molecule has 3 rings (SSSR count). The second-order valence-electron chi connectivity index (χ2n) is 5.82. The van der Waals surface area contributed by atoms with Gasteiger partial charge >= 0.3 is 0 Å². The lowest BCUT2D eigenvalue weighted by Crippen LogP contribution is -2.31. The molecule has 1 fully saturated rings. The van der Waals surface area contributed by atoms with Crippen molar-refractivity contribution in [3.63, 3.8) is 0 Å². The van der Waals surface area contributed by atoms with E-state index in [1.165, 1.54) is 24.1 Å². The highest BCUT2D eigenvalue weighted by Crippen LogP contribution is 2.32. The Morgan fingerprint density at radius 2 is 2.05 bits per heavy atom. The number of carbonyl (C=O) groups excluding carboxylic acids is 1. The second-order valence-corrected chi connectivity index (χ2v) is 7.07. The van der Waals surface area contributed by atoms with E-state index in [0.29, 0.717) is 5.92 Å². The van der Waals surface area contributed by atoms with Crippen molar-refractivity contribution in [1.29, 1.82) is 0 Å². The summed E-state index contributed by atoms with van der Waals surface area (Å²) in [6.45, 7) is 2.88. The van der Waals surface area contributed by atoms with E-state index in [0.717, 1.165) is 28.3 Å². The topological polar surface area (TPSA) is 38.3 Å². The van der Waals surface area contributed by atoms with Crippen LogP contribution in [0.15, 0.2) is 30.3 Å². The van der Waals surface area contributed by atoms with E-state index in [1.807, 2.05) is 30.3 Å². The lowest BCUT2D eigenvalue weighted by molar-refractivity contribution is 0.0943. The normalized spacial score (nSPS) is 14.5.